The molecule has 0 N–H and O–H groups in total. The smallest absolute Gasteiger partial charge is 0.255 e. The molecule has 0 aliphatic heterocycles. The van der Waals surface area contributed by atoms with Crippen LogP contribution in [-0.2, 0) is 0 Å². The molecular weight excluding hydrogens is 176 g/mol. The van der Waals surface area contributed by atoms with Gasteiger partial charge >= 0.3 is 0 Å². The minimum atomic E-state index is 0.0541. The summed E-state index contributed by atoms with van der Waals surface area (Å²) in [6.45, 7) is 0.872. The van der Waals surface area contributed by atoms with Crippen LogP contribution in [0.5, 0.6) is 0 Å². The van der Waals surface area contributed by atoms with Crippen molar-refractivity contribution in [3.05, 3.63) is 30.1 Å². The molecule has 1 aliphatic rings. The minimum absolute atomic E-state index is 0.0541. The van der Waals surface area contributed by atoms with Gasteiger partial charge in [0.2, 0.25) is 0 Å². The molecule has 0 spiro atoms. The van der Waals surface area contributed by atoms with E-state index < -0.39 is 0 Å². The summed E-state index contributed by atoms with van der Waals surface area (Å²) in [6.07, 6.45) is 6.74. The van der Waals surface area contributed by atoms with Crippen molar-refractivity contribution in [3.8, 4) is 0 Å². The first-order valence-electron chi connectivity index (χ1n) is 4.85. The van der Waals surface area contributed by atoms with Crippen LogP contribution < -0.4 is 0 Å². The second-order valence-corrected chi connectivity index (χ2v) is 3.81. The molecule has 1 aromatic heterocycles. The van der Waals surface area contributed by atoms with Gasteiger partial charge < -0.3 is 4.90 Å². The molecule has 0 saturated heterocycles. The minimum Gasteiger partial charge on any atom is -0.341 e. The van der Waals surface area contributed by atoms with E-state index in [0.29, 0.717) is 5.56 Å². The highest BCUT2D eigenvalue weighted by molar-refractivity contribution is 5.93. The number of aromatic nitrogens is 1. The molecule has 73 valence electrons. The van der Waals surface area contributed by atoms with E-state index in [2.05, 4.69) is 11.2 Å². The van der Waals surface area contributed by atoms with Gasteiger partial charge in [-0.15, -0.1) is 0 Å². The second-order valence-electron chi connectivity index (χ2n) is 3.81. The zero-order valence-corrected chi connectivity index (χ0v) is 8.23. The Morgan fingerprint density at radius 1 is 1.71 bits per heavy atom. The summed E-state index contributed by atoms with van der Waals surface area (Å²) in [5.41, 5.74) is 0.645. The topological polar surface area (TPSA) is 33.2 Å². The Labute approximate surface area is 83.8 Å². The molecule has 2 rings (SSSR count). The normalized spacial score (nSPS) is 15.2. The predicted octanol–water partition coefficient (Wildman–Crippen LogP) is 1.36. The molecule has 3 nitrogen and oxygen atoms in total. The maximum atomic E-state index is 11.8. The number of pyridine rings is 1. The molecule has 0 atom stereocenters. The third-order valence-corrected chi connectivity index (χ3v) is 2.44. The van der Waals surface area contributed by atoms with Gasteiger partial charge in [0.15, 0.2) is 0 Å². The lowest BCUT2D eigenvalue weighted by Gasteiger charge is -2.16. The van der Waals surface area contributed by atoms with E-state index in [1.165, 1.54) is 12.8 Å². The predicted molar refractivity (Wildman–Crippen MR) is 52.8 cm³/mol. The van der Waals surface area contributed by atoms with E-state index in [1.54, 1.807) is 23.2 Å². The lowest BCUT2D eigenvalue weighted by Crippen LogP contribution is -2.28. The molecule has 1 aliphatic carbocycles. The van der Waals surface area contributed by atoms with Gasteiger partial charge in [0.25, 0.3) is 5.91 Å². The highest BCUT2D eigenvalue weighted by atomic mass is 16.2. The van der Waals surface area contributed by atoms with Crippen LogP contribution >= 0.6 is 0 Å². The maximum Gasteiger partial charge on any atom is 0.255 e. The van der Waals surface area contributed by atoms with Crippen LogP contribution in [-0.4, -0.2) is 29.4 Å². The monoisotopic (exact) mass is 189 g/mol. The molecule has 1 radical (unpaired) electrons. The van der Waals surface area contributed by atoms with Gasteiger partial charge in [0.1, 0.15) is 0 Å². The van der Waals surface area contributed by atoms with Gasteiger partial charge in [-0.1, -0.05) is 0 Å². The van der Waals surface area contributed by atoms with Crippen molar-refractivity contribution >= 4 is 5.91 Å². The summed E-state index contributed by atoms with van der Waals surface area (Å²) in [5.74, 6) is 0.783. The van der Waals surface area contributed by atoms with Crippen LogP contribution in [0.4, 0.5) is 0 Å². The van der Waals surface area contributed by atoms with Crippen molar-refractivity contribution < 1.29 is 4.79 Å². The number of nitrogens with zero attached hydrogens (tertiary/aromatic N) is 2. The quantitative estimate of drug-likeness (QED) is 0.719. The van der Waals surface area contributed by atoms with Gasteiger partial charge in [-0.05, 0) is 30.9 Å². The SMILES string of the molecule is CN(CC1CC1)C(=O)c1cc[c]nc1. The molecule has 1 saturated carbocycles. The number of hydrogen-bond donors (Lipinski definition) is 0. The molecule has 0 unspecified atom stereocenters. The van der Waals surface area contributed by atoms with Crippen molar-refractivity contribution in [2.24, 2.45) is 5.92 Å². The first-order valence-corrected chi connectivity index (χ1v) is 4.85. The van der Waals surface area contributed by atoms with Crippen LogP contribution in [0.2, 0.25) is 0 Å². The van der Waals surface area contributed by atoms with Gasteiger partial charge in [0, 0.05) is 19.8 Å². The Kier molecular flexibility index (Phi) is 2.48. The van der Waals surface area contributed by atoms with Crippen molar-refractivity contribution in [2.75, 3.05) is 13.6 Å². The molecule has 1 amide bonds. The molecule has 0 bridgehead atoms. The van der Waals surface area contributed by atoms with E-state index in [4.69, 9.17) is 0 Å². The van der Waals surface area contributed by atoms with E-state index in [0.717, 1.165) is 12.5 Å². The molecule has 14 heavy (non-hydrogen) atoms. The zero-order chi connectivity index (χ0) is 9.97. The summed E-state index contributed by atoms with van der Waals surface area (Å²) in [5, 5.41) is 0. The first kappa shape index (κ1) is 9.19. The van der Waals surface area contributed by atoms with Gasteiger partial charge in [-0.2, -0.15) is 0 Å². The van der Waals surface area contributed by atoms with Crippen molar-refractivity contribution in [1.82, 2.24) is 9.88 Å². The number of rotatable bonds is 3. The highest BCUT2D eigenvalue weighted by Crippen LogP contribution is 2.29. The van der Waals surface area contributed by atoms with Crippen LogP contribution in [0.15, 0.2) is 18.3 Å². The molecule has 1 heterocycles. The maximum absolute atomic E-state index is 11.8. The Morgan fingerprint density at radius 2 is 2.50 bits per heavy atom. The van der Waals surface area contributed by atoms with Gasteiger partial charge in [0.05, 0.1) is 11.8 Å². The summed E-state index contributed by atoms with van der Waals surface area (Å²) in [7, 11) is 1.84. The lowest BCUT2D eigenvalue weighted by atomic mass is 10.2. The van der Waals surface area contributed by atoms with E-state index >= 15 is 0 Å². The van der Waals surface area contributed by atoms with Crippen LogP contribution in [0.3, 0.4) is 0 Å². The molecule has 1 aromatic rings. The third kappa shape index (κ3) is 2.10. The zero-order valence-electron chi connectivity index (χ0n) is 8.23. The largest absolute Gasteiger partial charge is 0.341 e. The van der Waals surface area contributed by atoms with Crippen molar-refractivity contribution in [3.63, 3.8) is 0 Å². The first-order chi connectivity index (χ1) is 6.77. The summed E-state index contributed by atoms with van der Waals surface area (Å²) in [6, 6.07) is 3.41. The van der Waals surface area contributed by atoms with Crippen molar-refractivity contribution in [1.29, 1.82) is 0 Å². The van der Waals surface area contributed by atoms with Crippen LogP contribution in [0.1, 0.15) is 23.2 Å². The van der Waals surface area contributed by atoms with Gasteiger partial charge in [-0.25, -0.2) is 0 Å². The van der Waals surface area contributed by atoms with E-state index in [-0.39, 0.29) is 5.91 Å². The summed E-state index contributed by atoms with van der Waals surface area (Å²) < 4.78 is 0. The lowest BCUT2D eigenvalue weighted by molar-refractivity contribution is 0.0788. The average Bonchev–Trinajstić information content (AvgIpc) is 3.02. The van der Waals surface area contributed by atoms with Crippen molar-refractivity contribution in [2.45, 2.75) is 12.8 Å². The van der Waals surface area contributed by atoms with Crippen LogP contribution in [0, 0.1) is 12.1 Å². The number of carbonyl (C=O) groups is 1. The van der Waals surface area contributed by atoms with Crippen LogP contribution in [0.25, 0.3) is 0 Å². The molecule has 1 fully saturated rings. The number of hydrogen-bond acceptors (Lipinski definition) is 2. The molecular formula is C11H13N2O. The fourth-order valence-electron chi connectivity index (χ4n) is 1.44. The number of amides is 1. The average molecular weight is 189 g/mol. The third-order valence-electron chi connectivity index (χ3n) is 2.44. The van der Waals surface area contributed by atoms with Gasteiger partial charge in [-0.3, -0.25) is 9.78 Å². The fraction of sp³-hybridized carbons (Fsp3) is 0.455. The second kappa shape index (κ2) is 3.78. The Bertz CT molecular complexity index is 319. The Morgan fingerprint density at radius 3 is 3.07 bits per heavy atom. The molecule has 3 heteroatoms. The highest BCUT2D eigenvalue weighted by Gasteiger charge is 2.25. The Balaban J connectivity index is 1.99. The molecule has 0 aromatic carbocycles. The summed E-state index contributed by atoms with van der Waals surface area (Å²) in [4.78, 5) is 17.4. The van der Waals surface area contributed by atoms with E-state index in [1.807, 2.05) is 7.05 Å². The fourth-order valence-corrected chi connectivity index (χ4v) is 1.44. The van der Waals surface area contributed by atoms with E-state index in [9.17, 15) is 4.79 Å². The Hall–Kier alpha value is -1.38. The standard InChI is InChI=1S/C11H13N2O/c1-13(8-9-4-5-9)11(14)10-3-2-6-12-7-10/h2-3,7,9H,4-5,8H2,1H3. The number of carbonyl (C=O) groups excluding carboxylic acids is 1. The summed E-state index contributed by atoms with van der Waals surface area (Å²) >= 11 is 0.